The molecule has 1 aromatic heterocycles. The summed E-state index contributed by atoms with van der Waals surface area (Å²) in [6, 6.07) is 0. The topological polar surface area (TPSA) is 66.5 Å². The van der Waals surface area contributed by atoms with Crippen molar-refractivity contribution in [2.75, 3.05) is 26.7 Å². The molecule has 0 aromatic carbocycles. The van der Waals surface area contributed by atoms with Gasteiger partial charge in [-0.3, -0.25) is 4.99 Å². The maximum absolute atomic E-state index is 5.08. The second kappa shape index (κ2) is 8.43. The van der Waals surface area contributed by atoms with Crippen LogP contribution >= 0.6 is 24.0 Å². The number of rotatable bonds is 3. The maximum Gasteiger partial charge on any atom is 0.228 e. The summed E-state index contributed by atoms with van der Waals surface area (Å²) >= 11 is 0. The molecule has 20 heavy (non-hydrogen) atoms. The van der Waals surface area contributed by atoms with E-state index < -0.39 is 0 Å². The Morgan fingerprint density at radius 3 is 2.70 bits per heavy atom. The first kappa shape index (κ1) is 17.2. The van der Waals surface area contributed by atoms with E-state index in [0.29, 0.717) is 11.7 Å². The zero-order valence-corrected chi connectivity index (χ0v) is 14.8. The van der Waals surface area contributed by atoms with Crippen LogP contribution in [0.4, 0.5) is 0 Å². The van der Waals surface area contributed by atoms with Crippen molar-refractivity contribution < 1.29 is 4.52 Å². The highest BCUT2D eigenvalue weighted by Crippen LogP contribution is 2.15. The minimum atomic E-state index is 0. The van der Waals surface area contributed by atoms with E-state index in [1.165, 1.54) is 12.8 Å². The zero-order chi connectivity index (χ0) is 13.7. The summed E-state index contributed by atoms with van der Waals surface area (Å²) in [4.78, 5) is 10.8. The monoisotopic (exact) mass is 393 g/mol. The first-order chi connectivity index (χ1) is 9.19. The molecule has 0 amide bonds. The molecular formula is C13H24IN5O. The fraction of sp³-hybridized carbons (Fsp3) is 0.769. The van der Waals surface area contributed by atoms with Gasteiger partial charge in [0, 0.05) is 33.1 Å². The maximum atomic E-state index is 5.08. The van der Waals surface area contributed by atoms with Gasteiger partial charge in [-0.25, -0.2) is 0 Å². The van der Waals surface area contributed by atoms with E-state index in [9.17, 15) is 0 Å². The van der Waals surface area contributed by atoms with E-state index in [1.54, 1.807) is 0 Å². The molecule has 1 aliphatic heterocycles. The molecule has 0 bridgehead atoms. The van der Waals surface area contributed by atoms with Crippen LogP contribution < -0.4 is 5.32 Å². The minimum absolute atomic E-state index is 0. The first-order valence-electron chi connectivity index (χ1n) is 6.94. The molecule has 1 fully saturated rings. The molecule has 0 spiro atoms. The Labute approximate surface area is 137 Å². The molecule has 1 saturated heterocycles. The van der Waals surface area contributed by atoms with Crippen LogP contribution in [-0.4, -0.2) is 47.7 Å². The number of aromatic nitrogens is 2. The molecule has 2 rings (SSSR count). The second-order valence-electron chi connectivity index (χ2n) is 5.13. The molecule has 1 N–H and O–H groups in total. The highest BCUT2D eigenvalue weighted by atomic mass is 127. The quantitative estimate of drug-likeness (QED) is 0.482. The van der Waals surface area contributed by atoms with Crippen molar-refractivity contribution in [3.8, 4) is 0 Å². The highest BCUT2D eigenvalue weighted by Gasteiger charge is 2.18. The van der Waals surface area contributed by atoms with Gasteiger partial charge in [-0.15, -0.1) is 24.0 Å². The Hall–Kier alpha value is -0.860. The number of piperidine rings is 1. The molecule has 1 aliphatic rings. The Morgan fingerprint density at radius 2 is 2.15 bits per heavy atom. The van der Waals surface area contributed by atoms with Gasteiger partial charge >= 0.3 is 0 Å². The standard InChI is InChI=1S/C13H23N5O.HI/c1-10-5-8-18(9-6-10)13(14-3)15-7-4-12-16-11(2)17-19-12;/h10H,4-9H2,1-3H3,(H,14,15);1H. The van der Waals surface area contributed by atoms with E-state index in [0.717, 1.165) is 37.9 Å². The number of aryl methyl sites for hydroxylation is 1. The number of halogens is 1. The van der Waals surface area contributed by atoms with Gasteiger partial charge in [0.2, 0.25) is 5.89 Å². The Balaban J connectivity index is 0.00000200. The molecule has 2 heterocycles. The molecule has 0 unspecified atom stereocenters. The van der Waals surface area contributed by atoms with Crippen LogP contribution in [0.2, 0.25) is 0 Å². The van der Waals surface area contributed by atoms with Crippen molar-refractivity contribution in [2.45, 2.75) is 33.1 Å². The van der Waals surface area contributed by atoms with E-state index in [-0.39, 0.29) is 24.0 Å². The van der Waals surface area contributed by atoms with E-state index in [4.69, 9.17) is 4.52 Å². The normalized spacial score (nSPS) is 16.9. The zero-order valence-electron chi connectivity index (χ0n) is 12.4. The van der Waals surface area contributed by atoms with Crippen LogP contribution in [0.3, 0.4) is 0 Å². The van der Waals surface area contributed by atoms with Gasteiger partial charge in [0.1, 0.15) is 0 Å². The lowest BCUT2D eigenvalue weighted by Crippen LogP contribution is -2.45. The predicted molar refractivity (Wildman–Crippen MR) is 89.5 cm³/mol. The smallest absolute Gasteiger partial charge is 0.228 e. The second-order valence-corrected chi connectivity index (χ2v) is 5.13. The van der Waals surface area contributed by atoms with Gasteiger partial charge in [-0.2, -0.15) is 4.98 Å². The van der Waals surface area contributed by atoms with Crippen LogP contribution in [0.25, 0.3) is 0 Å². The van der Waals surface area contributed by atoms with Crippen LogP contribution in [0.5, 0.6) is 0 Å². The molecule has 1 aromatic rings. The predicted octanol–water partition coefficient (Wildman–Crippen LogP) is 1.85. The summed E-state index contributed by atoms with van der Waals surface area (Å²) in [5.74, 6) is 3.16. The summed E-state index contributed by atoms with van der Waals surface area (Å²) in [5, 5.41) is 7.14. The minimum Gasteiger partial charge on any atom is -0.356 e. The summed E-state index contributed by atoms with van der Waals surface area (Å²) in [5.41, 5.74) is 0. The first-order valence-corrected chi connectivity index (χ1v) is 6.94. The third kappa shape index (κ3) is 4.92. The van der Waals surface area contributed by atoms with Gasteiger partial charge in [0.05, 0.1) is 0 Å². The fourth-order valence-electron chi connectivity index (χ4n) is 2.28. The molecule has 7 heteroatoms. The summed E-state index contributed by atoms with van der Waals surface area (Å²) in [6.07, 6.45) is 3.21. The molecule has 6 nitrogen and oxygen atoms in total. The van der Waals surface area contributed by atoms with E-state index in [1.807, 2.05) is 14.0 Å². The number of nitrogens with zero attached hydrogens (tertiary/aromatic N) is 4. The third-order valence-corrected chi connectivity index (χ3v) is 3.49. The van der Waals surface area contributed by atoms with Crippen molar-refractivity contribution in [1.29, 1.82) is 0 Å². The lowest BCUT2D eigenvalue weighted by Gasteiger charge is -2.32. The average molecular weight is 393 g/mol. The summed E-state index contributed by atoms with van der Waals surface area (Å²) < 4.78 is 5.08. The van der Waals surface area contributed by atoms with Crippen LogP contribution in [-0.2, 0) is 6.42 Å². The molecular weight excluding hydrogens is 369 g/mol. The van der Waals surface area contributed by atoms with Crippen LogP contribution in [0.1, 0.15) is 31.5 Å². The lowest BCUT2D eigenvalue weighted by atomic mass is 10.00. The summed E-state index contributed by atoms with van der Waals surface area (Å²) in [7, 11) is 1.83. The van der Waals surface area contributed by atoms with E-state index in [2.05, 4.69) is 32.3 Å². The molecule has 114 valence electrons. The average Bonchev–Trinajstić information content (AvgIpc) is 2.82. The lowest BCUT2D eigenvalue weighted by molar-refractivity contribution is 0.273. The number of nitrogens with one attached hydrogen (secondary N) is 1. The largest absolute Gasteiger partial charge is 0.356 e. The van der Waals surface area contributed by atoms with Crippen molar-refractivity contribution in [1.82, 2.24) is 20.4 Å². The number of guanidine groups is 1. The molecule has 0 atom stereocenters. The molecule has 0 saturated carbocycles. The van der Waals surface area contributed by atoms with Crippen molar-refractivity contribution in [3.05, 3.63) is 11.7 Å². The van der Waals surface area contributed by atoms with Crippen molar-refractivity contribution in [2.24, 2.45) is 10.9 Å². The molecule has 0 aliphatic carbocycles. The van der Waals surface area contributed by atoms with Crippen LogP contribution in [0.15, 0.2) is 9.52 Å². The van der Waals surface area contributed by atoms with Gasteiger partial charge in [-0.05, 0) is 25.7 Å². The Bertz CT molecular complexity index is 426. The van der Waals surface area contributed by atoms with E-state index >= 15 is 0 Å². The number of hydrogen-bond acceptors (Lipinski definition) is 4. The van der Waals surface area contributed by atoms with Crippen molar-refractivity contribution in [3.63, 3.8) is 0 Å². The summed E-state index contributed by atoms with van der Waals surface area (Å²) in [6.45, 7) is 7.07. The number of hydrogen-bond donors (Lipinski definition) is 1. The third-order valence-electron chi connectivity index (χ3n) is 3.49. The number of likely N-dealkylation sites (tertiary alicyclic amines) is 1. The fourth-order valence-corrected chi connectivity index (χ4v) is 2.28. The van der Waals surface area contributed by atoms with Gasteiger partial charge in [0.15, 0.2) is 11.8 Å². The van der Waals surface area contributed by atoms with Gasteiger partial charge in [0.25, 0.3) is 0 Å². The van der Waals surface area contributed by atoms with Crippen molar-refractivity contribution >= 4 is 29.9 Å². The Kier molecular flexibility index (Phi) is 7.25. The van der Waals surface area contributed by atoms with Gasteiger partial charge in [-0.1, -0.05) is 12.1 Å². The molecule has 0 radical (unpaired) electrons. The number of aliphatic imine (C=N–C) groups is 1. The SMILES string of the molecule is CN=C(NCCc1nc(C)no1)N1CCC(C)CC1.I. The Morgan fingerprint density at radius 1 is 1.45 bits per heavy atom. The van der Waals surface area contributed by atoms with Gasteiger partial charge < -0.3 is 14.7 Å². The van der Waals surface area contributed by atoms with Crippen LogP contribution in [0, 0.1) is 12.8 Å². The highest BCUT2D eigenvalue weighted by molar-refractivity contribution is 14.0.